The number of nitrogens with zero attached hydrogens (tertiary/aromatic N) is 3. The van der Waals surface area contributed by atoms with Crippen LogP contribution in [0.1, 0.15) is 11.3 Å². The second-order valence-corrected chi connectivity index (χ2v) is 5.04. The molecular formula is C11H11N5S. The van der Waals surface area contributed by atoms with Gasteiger partial charge in [-0.3, -0.25) is 5.41 Å². The molecule has 0 saturated carbocycles. The minimum Gasteiger partial charge on any atom is -0.336 e. The number of fused-ring (bicyclic) bond motifs is 3. The van der Waals surface area contributed by atoms with Gasteiger partial charge in [-0.25, -0.2) is 14.6 Å². The van der Waals surface area contributed by atoms with Crippen molar-refractivity contribution in [1.29, 1.82) is 5.41 Å². The van der Waals surface area contributed by atoms with E-state index in [4.69, 9.17) is 11.3 Å². The first-order valence-corrected chi connectivity index (χ1v) is 5.97. The summed E-state index contributed by atoms with van der Waals surface area (Å²) < 4.78 is 2.01. The molecule has 3 aromatic rings. The molecular weight excluding hydrogens is 234 g/mol. The van der Waals surface area contributed by atoms with Gasteiger partial charge < -0.3 is 5.84 Å². The summed E-state index contributed by atoms with van der Waals surface area (Å²) >= 11 is 1.47. The zero-order valence-corrected chi connectivity index (χ0v) is 10.3. The van der Waals surface area contributed by atoms with Gasteiger partial charge in [0.25, 0.3) is 0 Å². The molecule has 3 N–H and O–H groups in total. The molecule has 17 heavy (non-hydrogen) atoms. The lowest BCUT2D eigenvalue weighted by molar-refractivity contribution is 0.871. The third-order valence-electron chi connectivity index (χ3n) is 2.75. The van der Waals surface area contributed by atoms with E-state index >= 15 is 0 Å². The van der Waals surface area contributed by atoms with Crippen LogP contribution in [0.2, 0.25) is 0 Å². The van der Waals surface area contributed by atoms with Crippen LogP contribution in [0.15, 0.2) is 12.4 Å². The van der Waals surface area contributed by atoms with Gasteiger partial charge in [0.15, 0.2) is 5.49 Å². The molecule has 3 heterocycles. The summed E-state index contributed by atoms with van der Waals surface area (Å²) in [4.78, 5) is 9.72. The molecule has 0 bridgehead atoms. The summed E-state index contributed by atoms with van der Waals surface area (Å²) in [5.41, 5.74) is 3.21. The number of pyridine rings is 1. The zero-order valence-electron chi connectivity index (χ0n) is 9.48. The Kier molecular flexibility index (Phi) is 1.97. The average molecular weight is 245 g/mol. The zero-order chi connectivity index (χ0) is 12.2. The van der Waals surface area contributed by atoms with Crippen molar-refractivity contribution in [3.8, 4) is 0 Å². The van der Waals surface area contributed by atoms with Crippen molar-refractivity contribution in [2.24, 2.45) is 0 Å². The summed E-state index contributed by atoms with van der Waals surface area (Å²) in [6, 6.07) is 2.03. The molecule has 0 spiro atoms. The van der Waals surface area contributed by atoms with Crippen LogP contribution >= 0.6 is 11.3 Å². The predicted octanol–water partition coefficient (Wildman–Crippen LogP) is 1.46. The lowest BCUT2D eigenvalue weighted by Gasteiger charge is -1.99. The van der Waals surface area contributed by atoms with E-state index in [-0.39, 0.29) is 5.49 Å². The van der Waals surface area contributed by atoms with Gasteiger partial charge in [-0.05, 0) is 25.5 Å². The lowest BCUT2D eigenvalue weighted by Crippen LogP contribution is -2.26. The third kappa shape index (κ3) is 1.34. The number of thiophene rings is 1. The number of rotatable bonds is 0. The van der Waals surface area contributed by atoms with Crippen LogP contribution in [0.3, 0.4) is 0 Å². The van der Waals surface area contributed by atoms with Crippen molar-refractivity contribution >= 4 is 31.8 Å². The van der Waals surface area contributed by atoms with Crippen LogP contribution in [-0.4, -0.2) is 14.6 Å². The van der Waals surface area contributed by atoms with Gasteiger partial charge >= 0.3 is 0 Å². The van der Waals surface area contributed by atoms with Gasteiger partial charge in [0.05, 0.1) is 10.2 Å². The number of hydrogen-bond donors (Lipinski definition) is 2. The molecule has 0 atom stereocenters. The molecule has 5 nitrogen and oxygen atoms in total. The fourth-order valence-corrected chi connectivity index (χ4v) is 3.20. The number of nitrogen functional groups attached to an aromatic ring is 1. The fourth-order valence-electron chi connectivity index (χ4n) is 2.00. The van der Waals surface area contributed by atoms with Crippen LogP contribution in [0, 0.1) is 19.3 Å². The Labute approximate surface area is 101 Å². The molecule has 0 aliphatic carbocycles. The van der Waals surface area contributed by atoms with Gasteiger partial charge in [-0.2, -0.15) is 0 Å². The Hall–Kier alpha value is -1.95. The smallest absolute Gasteiger partial charge is 0.164 e. The minimum absolute atomic E-state index is 0.273. The first-order chi connectivity index (χ1) is 8.08. The van der Waals surface area contributed by atoms with Gasteiger partial charge in [0.1, 0.15) is 11.2 Å². The highest BCUT2D eigenvalue weighted by Gasteiger charge is 2.12. The molecule has 0 saturated heterocycles. The van der Waals surface area contributed by atoms with E-state index < -0.39 is 0 Å². The monoisotopic (exact) mass is 245 g/mol. The van der Waals surface area contributed by atoms with E-state index in [1.807, 2.05) is 19.9 Å². The molecule has 0 aromatic carbocycles. The van der Waals surface area contributed by atoms with Gasteiger partial charge in [-0.15, -0.1) is 11.3 Å². The highest BCUT2D eigenvalue weighted by Crippen LogP contribution is 2.31. The van der Waals surface area contributed by atoms with Crippen LogP contribution in [0.4, 0.5) is 0 Å². The molecule has 0 amide bonds. The molecule has 0 aliphatic rings. The van der Waals surface area contributed by atoms with Gasteiger partial charge in [0, 0.05) is 11.1 Å². The van der Waals surface area contributed by atoms with Gasteiger partial charge in [0.2, 0.25) is 0 Å². The second-order valence-electron chi connectivity index (χ2n) is 4.04. The maximum atomic E-state index is 7.93. The molecule has 86 valence electrons. The van der Waals surface area contributed by atoms with Crippen molar-refractivity contribution in [3.05, 3.63) is 29.1 Å². The topological polar surface area (TPSA) is 80.6 Å². The second kappa shape index (κ2) is 3.27. The summed E-state index contributed by atoms with van der Waals surface area (Å²) in [6.45, 7) is 4.01. The van der Waals surface area contributed by atoms with Crippen molar-refractivity contribution in [3.63, 3.8) is 0 Å². The highest BCUT2D eigenvalue weighted by molar-refractivity contribution is 7.25. The van der Waals surface area contributed by atoms with Crippen molar-refractivity contribution in [2.75, 3.05) is 5.84 Å². The first-order valence-electron chi connectivity index (χ1n) is 5.15. The Morgan fingerprint density at radius 1 is 1.41 bits per heavy atom. The van der Waals surface area contributed by atoms with Crippen LogP contribution < -0.4 is 11.3 Å². The molecule has 6 heteroatoms. The Balaban J connectivity index is 2.64. The number of nitrogens with one attached hydrogen (secondary N) is 1. The average Bonchev–Trinajstić information content (AvgIpc) is 2.62. The lowest BCUT2D eigenvalue weighted by atomic mass is 10.1. The van der Waals surface area contributed by atoms with Crippen LogP contribution in [-0.2, 0) is 0 Å². The Bertz CT molecular complexity index is 799. The molecule has 0 aliphatic heterocycles. The van der Waals surface area contributed by atoms with E-state index in [2.05, 4.69) is 9.97 Å². The van der Waals surface area contributed by atoms with E-state index in [1.54, 1.807) is 0 Å². The minimum atomic E-state index is 0.273. The summed E-state index contributed by atoms with van der Waals surface area (Å²) in [5, 5.41) is 8.96. The molecule has 3 aromatic heterocycles. The van der Waals surface area contributed by atoms with E-state index in [1.165, 1.54) is 22.3 Å². The maximum Gasteiger partial charge on any atom is 0.164 e. The first kappa shape index (κ1) is 10.2. The summed E-state index contributed by atoms with van der Waals surface area (Å²) in [5.74, 6) is 5.63. The predicted molar refractivity (Wildman–Crippen MR) is 68.4 cm³/mol. The SMILES string of the molecule is Cc1cc(C)c2c(n1)sc1c(=N)n(N)cnc12. The standard InChI is InChI=1S/C11H11N5S/c1-5-3-6(2)15-11-7(5)8-9(17-11)10(12)16(13)4-14-8/h3-4,12H,13H2,1-2H3. The number of hydrogen-bond acceptors (Lipinski definition) is 5. The van der Waals surface area contributed by atoms with Crippen molar-refractivity contribution in [1.82, 2.24) is 14.6 Å². The largest absolute Gasteiger partial charge is 0.336 e. The Morgan fingerprint density at radius 2 is 2.18 bits per heavy atom. The van der Waals surface area contributed by atoms with Gasteiger partial charge in [-0.1, -0.05) is 0 Å². The normalized spacial score (nSPS) is 11.4. The quantitative estimate of drug-likeness (QED) is 0.588. The molecule has 0 fully saturated rings. The number of nitrogens with two attached hydrogens (primary N) is 1. The van der Waals surface area contributed by atoms with Crippen LogP contribution in [0.25, 0.3) is 20.4 Å². The third-order valence-corrected chi connectivity index (χ3v) is 3.83. The Morgan fingerprint density at radius 3 is 2.94 bits per heavy atom. The molecule has 3 rings (SSSR count). The summed E-state index contributed by atoms with van der Waals surface area (Å²) in [7, 11) is 0. The highest BCUT2D eigenvalue weighted by atomic mass is 32.1. The number of aryl methyl sites for hydroxylation is 2. The fraction of sp³-hybridized carbons (Fsp3) is 0.182. The maximum absolute atomic E-state index is 7.93. The van der Waals surface area contributed by atoms with E-state index in [0.29, 0.717) is 0 Å². The summed E-state index contributed by atoms with van der Waals surface area (Å²) in [6.07, 6.45) is 1.47. The van der Waals surface area contributed by atoms with E-state index in [0.717, 1.165) is 31.7 Å². The molecule has 0 radical (unpaired) electrons. The van der Waals surface area contributed by atoms with Crippen molar-refractivity contribution in [2.45, 2.75) is 13.8 Å². The van der Waals surface area contributed by atoms with E-state index in [9.17, 15) is 0 Å². The number of aromatic nitrogens is 3. The van der Waals surface area contributed by atoms with Crippen molar-refractivity contribution < 1.29 is 0 Å². The van der Waals surface area contributed by atoms with Crippen LogP contribution in [0.5, 0.6) is 0 Å². The molecule has 0 unspecified atom stereocenters.